The Morgan fingerprint density at radius 3 is 1.50 bits per heavy atom. The predicted octanol–water partition coefficient (Wildman–Crippen LogP) is -1.13. The third kappa shape index (κ3) is 224. The van der Waals surface area contributed by atoms with Crippen LogP contribution in [0.2, 0.25) is 0 Å². The molecule has 0 aromatic rings. The van der Waals surface area contributed by atoms with Crippen molar-refractivity contribution in [2.45, 2.75) is 0 Å². The molecule has 0 amide bonds. The van der Waals surface area contributed by atoms with Crippen LogP contribution in [0, 0.1) is 5.16 Å². The monoisotopic (exact) mass is 69.0 g/mol. The molecule has 0 heterocycles. The van der Waals surface area contributed by atoms with E-state index in [1.165, 1.54) is 0 Å². The second kappa shape index (κ2) is 1200. The van der Waals surface area contributed by atoms with Gasteiger partial charge in [0.1, 0.15) is 0 Å². The summed E-state index contributed by atoms with van der Waals surface area (Å²) in [4.78, 5) is 0. The predicted molar refractivity (Wildman–Crippen MR) is 15.3 cm³/mol. The molecule has 0 unspecified atom stereocenters. The molecule has 0 atom stereocenters. The minimum atomic E-state index is 0.611. The van der Waals surface area contributed by atoms with E-state index < -0.39 is 0 Å². The Bertz CT molecular complexity index is 19.2. The molecule has 0 fully saturated rings. The van der Waals surface area contributed by atoms with E-state index in [0.717, 1.165) is 0 Å². The van der Waals surface area contributed by atoms with Crippen molar-refractivity contribution in [3.8, 4) is 0 Å². The van der Waals surface area contributed by atoms with Gasteiger partial charge in [-0.05, 0) is 0 Å². The fourth-order valence-corrected chi connectivity index (χ4v) is 0. The molecular weight excluding hydrogens is 67.8 g/mol. The zero-order valence-corrected chi connectivity index (χ0v) is 3.55. The maximum atomic E-state index is 8.28. The molecule has 0 aliphatic heterocycles. The average molecular weight is 68.8 g/mol. The molecule has 2 nitrogen and oxygen atoms in total. The van der Waals surface area contributed by atoms with Crippen LogP contribution in [-0.4, -0.2) is 23.7 Å². The molecule has 0 bridgehead atoms. The van der Waals surface area contributed by atoms with Gasteiger partial charge in [0.25, 0.3) is 0 Å². The summed E-state index contributed by atoms with van der Waals surface area (Å²) in [5, 5.41) is 6.50. The van der Waals surface area contributed by atoms with Gasteiger partial charge in [0.05, 0.1) is 0 Å². The molecule has 0 aliphatic rings. The van der Waals surface area contributed by atoms with Crippen molar-refractivity contribution >= 4 is 23.7 Å². The van der Waals surface area contributed by atoms with E-state index in [9.17, 15) is 0 Å². The summed E-state index contributed by atoms with van der Waals surface area (Å²) in [6, 6.07) is 0. The molecule has 0 rings (SSSR count). The Balaban J connectivity index is 0. The van der Waals surface area contributed by atoms with E-state index in [2.05, 4.69) is 7.49 Å². The van der Waals surface area contributed by atoms with E-state index in [1.54, 1.807) is 0 Å². The van der Waals surface area contributed by atoms with Crippen LogP contribution in [0.5, 0.6) is 0 Å². The molecule has 0 aromatic carbocycles. The SMILES string of the molecule is B#N.[O]=[AlH]. The van der Waals surface area contributed by atoms with Crippen molar-refractivity contribution in [1.82, 2.24) is 0 Å². The van der Waals surface area contributed by atoms with Gasteiger partial charge in [0.2, 0.25) is 0 Å². The van der Waals surface area contributed by atoms with Gasteiger partial charge in [-0.25, -0.2) is 0 Å². The van der Waals surface area contributed by atoms with E-state index in [0.29, 0.717) is 16.2 Å². The van der Waals surface area contributed by atoms with Crippen LogP contribution in [0.4, 0.5) is 0 Å². The van der Waals surface area contributed by atoms with Crippen LogP contribution in [0.1, 0.15) is 0 Å². The fourth-order valence-electron chi connectivity index (χ4n) is 0. The van der Waals surface area contributed by atoms with Crippen molar-refractivity contribution in [3.63, 3.8) is 0 Å². The molecule has 4 heteroatoms. The van der Waals surface area contributed by atoms with Crippen molar-refractivity contribution in [1.29, 1.82) is 5.16 Å². The van der Waals surface area contributed by atoms with E-state index >= 15 is 0 Å². The van der Waals surface area contributed by atoms with Crippen LogP contribution in [0.25, 0.3) is 0 Å². The average Bonchev–Trinajstić information content (AvgIpc) is 1.50. The van der Waals surface area contributed by atoms with Gasteiger partial charge in [-0.1, -0.05) is 0 Å². The van der Waals surface area contributed by atoms with Crippen molar-refractivity contribution in [3.05, 3.63) is 0 Å². The van der Waals surface area contributed by atoms with E-state index in [-0.39, 0.29) is 0 Å². The van der Waals surface area contributed by atoms with Gasteiger partial charge in [0.15, 0.2) is 0 Å². The van der Waals surface area contributed by atoms with Gasteiger partial charge < -0.3 is 0 Å². The molecule has 0 saturated heterocycles. The van der Waals surface area contributed by atoms with Gasteiger partial charge in [-0.3, -0.25) is 0 Å². The number of rotatable bonds is 0. The Morgan fingerprint density at radius 2 is 1.50 bits per heavy atom. The summed E-state index contributed by atoms with van der Waals surface area (Å²) in [5.74, 6) is 0. The molecule has 0 radical (unpaired) electrons. The molecular formula is HAlBNO. The summed E-state index contributed by atoms with van der Waals surface area (Å²) in [7, 11) is 3.50. The molecule has 0 N–H and O–H groups in total. The van der Waals surface area contributed by atoms with E-state index in [4.69, 9.17) is 8.96 Å². The van der Waals surface area contributed by atoms with Crippen LogP contribution in [0.3, 0.4) is 0 Å². The second-order valence-electron chi connectivity index (χ2n) is 0. The van der Waals surface area contributed by atoms with Crippen LogP contribution >= 0.6 is 0 Å². The summed E-state index contributed by atoms with van der Waals surface area (Å²) < 4.78 is 8.28. The Kier molecular flexibility index (Phi) is 2670. The van der Waals surface area contributed by atoms with Gasteiger partial charge >= 0.3 is 32.7 Å². The van der Waals surface area contributed by atoms with Crippen LogP contribution < -0.4 is 0 Å². The van der Waals surface area contributed by atoms with Gasteiger partial charge in [-0.2, -0.15) is 0 Å². The molecule has 18 valence electrons. The normalized spacial score (nSPS) is 2.00. The summed E-state index contributed by atoms with van der Waals surface area (Å²) in [6.07, 6.45) is 0. The molecule has 0 aliphatic carbocycles. The zero-order valence-electron chi connectivity index (χ0n) is 2.14. The fraction of sp³-hybridized carbons (Fsp3) is 0. The summed E-state index contributed by atoms with van der Waals surface area (Å²) in [5.41, 5.74) is 0. The zero-order chi connectivity index (χ0) is 4.00. The van der Waals surface area contributed by atoms with Crippen molar-refractivity contribution in [2.24, 2.45) is 0 Å². The molecule has 0 spiro atoms. The molecule has 0 saturated carbocycles. The number of hydrogen-bond donors (Lipinski definition) is 0. The first kappa shape index (κ1) is 8.93. The maximum absolute atomic E-state index is 8.28. The Labute approximate surface area is 33.5 Å². The molecule has 0 aromatic heterocycles. The third-order valence-electron chi connectivity index (χ3n) is 0. The first-order valence-corrected chi connectivity index (χ1v) is 1.12. The Hall–Kier alpha value is 0.107. The van der Waals surface area contributed by atoms with Crippen molar-refractivity contribution < 1.29 is 3.80 Å². The van der Waals surface area contributed by atoms with E-state index in [1.807, 2.05) is 0 Å². The van der Waals surface area contributed by atoms with Crippen LogP contribution in [-0.2, 0) is 3.80 Å². The molecule has 4 heavy (non-hydrogen) atoms. The van der Waals surface area contributed by atoms with Gasteiger partial charge in [0, 0.05) is 0 Å². The minimum absolute atomic E-state index is 0.611. The standard InChI is InChI=1S/Al.BN.O.H/c;1-2;;. The Morgan fingerprint density at radius 1 is 1.50 bits per heavy atom. The van der Waals surface area contributed by atoms with Gasteiger partial charge in [-0.15, -0.1) is 0 Å². The first-order chi connectivity index (χ1) is 2.00. The third-order valence-corrected chi connectivity index (χ3v) is 0. The van der Waals surface area contributed by atoms with Crippen molar-refractivity contribution in [2.75, 3.05) is 0 Å². The number of nitrogens with zero attached hydrogens (tertiary/aromatic N) is 1. The first-order valence-electron chi connectivity index (χ1n) is 0.547. The number of hydrogen-bond acceptors (Lipinski definition) is 2. The topological polar surface area (TPSA) is 40.9 Å². The summed E-state index contributed by atoms with van der Waals surface area (Å²) in [6.45, 7) is 0. The summed E-state index contributed by atoms with van der Waals surface area (Å²) >= 11 is 0.611. The second-order valence-corrected chi connectivity index (χ2v) is 0. The van der Waals surface area contributed by atoms with Crippen LogP contribution in [0.15, 0.2) is 0 Å². The quantitative estimate of drug-likeness (QED) is 0.337.